The monoisotopic (exact) mass is 269 g/mol. The van der Waals surface area contributed by atoms with E-state index in [4.69, 9.17) is 9.63 Å². The van der Waals surface area contributed by atoms with Crippen molar-refractivity contribution in [3.63, 3.8) is 0 Å². The number of hydrogen-bond donors (Lipinski definition) is 2. The van der Waals surface area contributed by atoms with Gasteiger partial charge in [-0.15, -0.1) is 0 Å². The highest BCUT2D eigenvalue weighted by Gasteiger charge is 2.25. The first-order valence-corrected chi connectivity index (χ1v) is 6.06. The summed E-state index contributed by atoms with van der Waals surface area (Å²) in [6.45, 7) is 5.62. The zero-order valence-corrected chi connectivity index (χ0v) is 11.4. The van der Waals surface area contributed by atoms with Crippen molar-refractivity contribution in [2.24, 2.45) is 5.41 Å². The topological polar surface area (TPSA) is 105 Å². The summed E-state index contributed by atoms with van der Waals surface area (Å²) in [5.41, 5.74) is -0.559. The van der Waals surface area contributed by atoms with Crippen LogP contribution in [0.5, 0.6) is 0 Å². The molecule has 0 bridgehead atoms. The first kappa shape index (κ1) is 15.1. The van der Waals surface area contributed by atoms with Crippen LogP contribution in [-0.4, -0.2) is 33.7 Å². The highest BCUT2D eigenvalue weighted by Crippen LogP contribution is 2.24. The molecule has 0 saturated carbocycles. The van der Waals surface area contributed by atoms with Crippen LogP contribution < -0.4 is 5.32 Å². The number of aryl methyl sites for hydroxylation is 1. The Morgan fingerprint density at radius 3 is 2.58 bits per heavy atom. The van der Waals surface area contributed by atoms with Crippen LogP contribution in [0, 0.1) is 12.3 Å². The average molecular weight is 269 g/mol. The fourth-order valence-electron chi connectivity index (χ4n) is 1.72. The molecule has 7 nitrogen and oxygen atoms in total. The smallest absolute Gasteiger partial charge is 0.303 e. The number of nitrogens with one attached hydrogen (secondary N) is 1. The summed E-state index contributed by atoms with van der Waals surface area (Å²) in [5.74, 6) is -0.0480. The van der Waals surface area contributed by atoms with E-state index in [-0.39, 0.29) is 18.7 Å². The van der Waals surface area contributed by atoms with Gasteiger partial charge in [0.2, 0.25) is 11.8 Å². The summed E-state index contributed by atoms with van der Waals surface area (Å²) in [6.07, 6.45) is 0.595. The molecule has 106 valence electrons. The highest BCUT2D eigenvalue weighted by atomic mass is 16.5. The lowest BCUT2D eigenvalue weighted by molar-refractivity contribution is -0.139. The molecule has 1 amide bonds. The van der Waals surface area contributed by atoms with Crippen LogP contribution in [0.4, 0.5) is 0 Å². The number of aromatic nitrogens is 2. The first-order valence-electron chi connectivity index (χ1n) is 6.06. The second kappa shape index (κ2) is 6.31. The van der Waals surface area contributed by atoms with E-state index in [9.17, 15) is 9.59 Å². The van der Waals surface area contributed by atoms with Crippen molar-refractivity contribution < 1.29 is 19.2 Å². The molecule has 0 radical (unpaired) electrons. The molecule has 1 heterocycles. The summed E-state index contributed by atoms with van der Waals surface area (Å²) in [4.78, 5) is 26.3. The third kappa shape index (κ3) is 5.98. The van der Waals surface area contributed by atoms with Crippen molar-refractivity contribution in [1.29, 1.82) is 0 Å². The third-order valence-corrected chi connectivity index (χ3v) is 2.50. The van der Waals surface area contributed by atoms with Crippen molar-refractivity contribution in [2.45, 2.75) is 40.0 Å². The molecule has 19 heavy (non-hydrogen) atoms. The molecule has 1 aromatic heterocycles. The van der Waals surface area contributed by atoms with Crippen LogP contribution in [0.1, 0.15) is 38.4 Å². The quantitative estimate of drug-likeness (QED) is 0.762. The van der Waals surface area contributed by atoms with Crippen LogP contribution in [0.25, 0.3) is 0 Å². The Hall–Kier alpha value is -1.92. The Balaban J connectivity index is 2.29. The molecule has 0 aliphatic rings. The van der Waals surface area contributed by atoms with Gasteiger partial charge in [-0.25, -0.2) is 0 Å². The highest BCUT2D eigenvalue weighted by molar-refractivity contribution is 5.77. The van der Waals surface area contributed by atoms with Gasteiger partial charge in [0.05, 0.1) is 6.42 Å². The predicted molar refractivity (Wildman–Crippen MR) is 66.4 cm³/mol. The molecular formula is C12H19N3O4. The van der Waals surface area contributed by atoms with E-state index < -0.39 is 11.4 Å². The fraction of sp³-hybridized carbons (Fsp3) is 0.667. The number of hydrogen-bond acceptors (Lipinski definition) is 5. The largest absolute Gasteiger partial charge is 0.481 e. The summed E-state index contributed by atoms with van der Waals surface area (Å²) in [6, 6.07) is 0. The second-order valence-corrected chi connectivity index (χ2v) is 5.25. The van der Waals surface area contributed by atoms with Gasteiger partial charge in [-0.2, -0.15) is 4.98 Å². The summed E-state index contributed by atoms with van der Waals surface area (Å²) in [5, 5.41) is 15.1. The molecule has 0 saturated heterocycles. The Bertz CT molecular complexity index is 454. The maximum Gasteiger partial charge on any atom is 0.303 e. The van der Waals surface area contributed by atoms with E-state index in [2.05, 4.69) is 15.5 Å². The molecular weight excluding hydrogens is 250 g/mol. The number of carbonyl (C=O) groups excluding carboxylic acids is 1. The summed E-state index contributed by atoms with van der Waals surface area (Å²) >= 11 is 0. The summed E-state index contributed by atoms with van der Waals surface area (Å²) < 4.78 is 4.91. The molecule has 1 aromatic rings. The van der Waals surface area contributed by atoms with E-state index in [1.54, 1.807) is 20.8 Å². The van der Waals surface area contributed by atoms with E-state index in [0.29, 0.717) is 24.7 Å². The first-order chi connectivity index (χ1) is 8.78. The number of amides is 1. The minimum Gasteiger partial charge on any atom is -0.481 e. The zero-order valence-electron chi connectivity index (χ0n) is 11.4. The van der Waals surface area contributed by atoms with Gasteiger partial charge in [0.25, 0.3) is 0 Å². The van der Waals surface area contributed by atoms with Crippen molar-refractivity contribution in [2.75, 3.05) is 6.54 Å². The van der Waals surface area contributed by atoms with Crippen LogP contribution in [0.2, 0.25) is 0 Å². The van der Waals surface area contributed by atoms with Gasteiger partial charge < -0.3 is 14.9 Å². The average Bonchev–Trinajstić information content (AvgIpc) is 2.61. The molecule has 0 aliphatic carbocycles. The van der Waals surface area contributed by atoms with E-state index in [1.807, 2.05) is 0 Å². The maximum absolute atomic E-state index is 11.7. The van der Waals surface area contributed by atoms with Gasteiger partial charge >= 0.3 is 5.97 Å². The summed E-state index contributed by atoms with van der Waals surface area (Å²) in [7, 11) is 0. The maximum atomic E-state index is 11.7. The Labute approximate surface area is 111 Å². The molecule has 2 N–H and O–H groups in total. The number of carboxylic acid groups (broad SMARTS) is 1. The number of carboxylic acids is 1. The van der Waals surface area contributed by atoms with Gasteiger partial charge in [-0.05, 0) is 12.3 Å². The van der Waals surface area contributed by atoms with Crippen LogP contribution in [-0.2, 0) is 16.0 Å². The van der Waals surface area contributed by atoms with Crippen molar-refractivity contribution in [1.82, 2.24) is 15.5 Å². The minimum absolute atomic E-state index is 0.0384. The van der Waals surface area contributed by atoms with Gasteiger partial charge in [0.1, 0.15) is 0 Å². The lowest BCUT2D eigenvalue weighted by Crippen LogP contribution is -2.31. The molecule has 0 aliphatic heterocycles. The number of carbonyl (C=O) groups is 2. The predicted octanol–water partition coefficient (Wildman–Crippen LogP) is 0.928. The molecule has 0 spiro atoms. The fourth-order valence-corrected chi connectivity index (χ4v) is 1.72. The lowest BCUT2D eigenvalue weighted by atomic mass is 9.85. The number of rotatable bonds is 7. The molecule has 7 heteroatoms. The van der Waals surface area contributed by atoms with Crippen molar-refractivity contribution in [3.05, 3.63) is 11.7 Å². The molecule has 1 rings (SSSR count). The standard InChI is InChI=1S/C12H19N3O4/c1-8-14-10(19-15-8)4-5-13-9(16)6-12(2,3)7-11(17)18/h4-7H2,1-3H3,(H,13,16)(H,17,18). The van der Waals surface area contributed by atoms with Gasteiger partial charge in [0.15, 0.2) is 5.82 Å². The van der Waals surface area contributed by atoms with Crippen LogP contribution in [0.3, 0.4) is 0 Å². The van der Waals surface area contributed by atoms with E-state index >= 15 is 0 Å². The number of nitrogens with zero attached hydrogens (tertiary/aromatic N) is 2. The minimum atomic E-state index is -0.904. The normalized spacial score (nSPS) is 11.3. The third-order valence-electron chi connectivity index (χ3n) is 2.50. The van der Waals surface area contributed by atoms with Crippen LogP contribution in [0.15, 0.2) is 4.52 Å². The Morgan fingerprint density at radius 2 is 2.05 bits per heavy atom. The molecule has 0 fully saturated rings. The lowest BCUT2D eigenvalue weighted by Gasteiger charge is -2.21. The van der Waals surface area contributed by atoms with Crippen LogP contribution >= 0.6 is 0 Å². The Morgan fingerprint density at radius 1 is 1.37 bits per heavy atom. The molecule has 0 aromatic carbocycles. The van der Waals surface area contributed by atoms with Gasteiger partial charge in [0, 0.05) is 19.4 Å². The molecule has 0 atom stereocenters. The van der Waals surface area contributed by atoms with Gasteiger partial charge in [-0.1, -0.05) is 19.0 Å². The van der Waals surface area contributed by atoms with Crippen molar-refractivity contribution >= 4 is 11.9 Å². The number of aliphatic carboxylic acids is 1. The zero-order chi connectivity index (χ0) is 14.5. The SMILES string of the molecule is Cc1noc(CCNC(=O)CC(C)(C)CC(=O)O)n1. The van der Waals surface area contributed by atoms with E-state index in [1.165, 1.54) is 0 Å². The van der Waals surface area contributed by atoms with Crippen molar-refractivity contribution in [3.8, 4) is 0 Å². The van der Waals surface area contributed by atoms with E-state index in [0.717, 1.165) is 0 Å². The molecule has 0 unspecified atom stereocenters. The second-order valence-electron chi connectivity index (χ2n) is 5.25. The Kier molecular flexibility index (Phi) is 5.02. The van der Waals surface area contributed by atoms with Gasteiger partial charge in [-0.3, -0.25) is 9.59 Å².